The van der Waals surface area contributed by atoms with E-state index in [-0.39, 0.29) is 0 Å². The lowest BCUT2D eigenvalue weighted by Gasteiger charge is -2.29. The van der Waals surface area contributed by atoms with Gasteiger partial charge in [0.05, 0.1) is 5.39 Å². The van der Waals surface area contributed by atoms with Gasteiger partial charge in [0.2, 0.25) is 5.95 Å². The van der Waals surface area contributed by atoms with Crippen molar-refractivity contribution < 1.29 is 0 Å². The van der Waals surface area contributed by atoms with Crippen molar-refractivity contribution in [3.05, 3.63) is 10.9 Å². The van der Waals surface area contributed by atoms with Crippen molar-refractivity contribution in [1.29, 1.82) is 0 Å². The first kappa shape index (κ1) is 14.5. The summed E-state index contributed by atoms with van der Waals surface area (Å²) < 4.78 is 0. The van der Waals surface area contributed by atoms with Gasteiger partial charge in [-0.2, -0.15) is 4.98 Å². The first-order valence-electron chi connectivity index (χ1n) is 7.80. The second kappa shape index (κ2) is 6.15. The van der Waals surface area contributed by atoms with Gasteiger partial charge < -0.3 is 4.90 Å². The van der Waals surface area contributed by atoms with E-state index in [0.717, 1.165) is 23.6 Å². The summed E-state index contributed by atoms with van der Waals surface area (Å²) in [5, 5.41) is 1.17. The molecule has 2 aromatic rings. The molecule has 1 aliphatic carbocycles. The Labute approximate surface area is 129 Å². The van der Waals surface area contributed by atoms with Crippen LogP contribution < -0.4 is 16.2 Å². The van der Waals surface area contributed by atoms with E-state index in [1.54, 1.807) is 11.3 Å². The van der Waals surface area contributed by atoms with Gasteiger partial charge in [0.25, 0.3) is 0 Å². The maximum Gasteiger partial charge on any atom is 0.240 e. The van der Waals surface area contributed by atoms with Crippen LogP contribution in [0.5, 0.6) is 0 Å². The number of thiophene rings is 1. The molecule has 0 unspecified atom stereocenters. The molecular weight excluding hydrogens is 282 g/mol. The van der Waals surface area contributed by atoms with E-state index in [9.17, 15) is 0 Å². The maximum absolute atomic E-state index is 5.56. The Morgan fingerprint density at radius 2 is 2.10 bits per heavy atom. The first-order chi connectivity index (χ1) is 10.3. The zero-order valence-electron chi connectivity index (χ0n) is 12.7. The van der Waals surface area contributed by atoms with Crippen LogP contribution in [0.2, 0.25) is 0 Å². The molecule has 0 aromatic carbocycles. The number of aryl methyl sites for hydroxylation is 1. The molecule has 1 fully saturated rings. The molecular formula is C15H23N5S. The Morgan fingerprint density at radius 1 is 1.33 bits per heavy atom. The SMILES string of the molecule is CCc1cc2c(N(CC)C3CCCC3)nc(NN)nc2s1. The van der Waals surface area contributed by atoms with Crippen LogP contribution in [0.3, 0.4) is 0 Å². The van der Waals surface area contributed by atoms with E-state index >= 15 is 0 Å². The van der Waals surface area contributed by atoms with Gasteiger partial charge in [-0.05, 0) is 32.3 Å². The molecule has 1 aliphatic rings. The number of nitrogen functional groups attached to an aromatic ring is 1. The molecule has 0 atom stereocenters. The van der Waals surface area contributed by atoms with Crippen molar-refractivity contribution in [3.63, 3.8) is 0 Å². The van der Waals surface area contributed by atoms with Crippen molar-refractivity contribution >= 4 is 33.3 Å². The molecule has 2 heterocycles. The lowest BCUT2D eigenvalue weighted by molar-refractivity contribution is 0.615. The number of nitrogens with one attached hydrogen (secondary N) is 1. The summed E-state index contributed by atoms with van der Waals surface area (Å²) in [6, 6.07) is 2.84. The highest BCUT2D eigenvalue weighted by Gasteiger charge is 2.25. The third-order valence-electron chi connectivity index (χ3n) is 4.28. The molecule has 0 amide bonds. The van der Waals surface area contributed by atoms with Gasteiger partial charge in [0, 0.05) is 17.5 Å². The van der Waals surface area contributed by atoms with Gasteiger partial charge in [-0.1, -0.05) is 19.8 Å². The predicted molar refractivity (Wildman–Crippen MR) is 89.9 cm³/mol. The van der Waals surface area contributed by atoms with Gasteiger partial charge in [-0.15, -0.1) is 11.3 Å². The van der Waals surface area contributed by atoms with Crippen LogP contribution in [0, 0.1) is 0 Å². The minimum absolute atomic E-state index is 0.512. The maximum atomic E-state index is 5.56. The molecule has 1 saturated carbocycles. The fourth-order valence-corrected chi connectivity index (χ4v) is 4.17. The highest BCUT2D eigenvalue weighted by molar-refractivity contribution is 7.18. The fourth-order valence-electron chi connectivity index (χ4n) is 3.21. The number of fused-ring (bicyclic) bond motifs is 1. The summed E-state index contributed by atoms with van der Waals surface area (Å²) in [5.74, 6) is 7.11. The summed E-state index contributed by atoms with van der Waals surface area (Å²) in [6.45, 7) is 5.35. The van der Waals surface area contributed by atoms with E-state index in [0.29, 0.717) is 12.0 Å². The van der Waals surface area contributed by atoms with E-state index in [4.69, 9.17) is 5.84 Å². The zero-order chi connectivity index (χ0) is 14.8. The molecule has 5 nitrogen and oxygen atoms in total. The number of hydrogen-bond donors (Lipinski definition) is 2. The van der Waals surface area contributed by atoms with E-state index in [1.807, 2.05) is 0 Å². The quantitative estimate of drug-likeness (QED) is 0.655. The number of nitrogens with two attached hydrogens (primary N) is 1. The normalized spacial score (nSPS) is 15.8. The molecule has 0 aliphatic heterocycles. The van der Waals surface area contributed by atoms with Gasteiger partial charge in [0.15, 0.2) is 0 Å². The number of anilines is 2. The van der Waals surface area contributed by atoms with Crippen LogP contribution in [0.1, 0.15) is 44.4 Å². The zero-order valence-corrected chi connectivity index (χ0v) is 13.5. The van der Waals surface area contributed by atoms with Crippen molar-refractivity contribution in [2.24, 2.45) is 5.84 Å². The highest BCUT2D eigenvalue weighted by Crippen LogP contribution is 2.35. The first-order valence-corrected chi connectivity index (χ1v) is 8.62. The summed E-state index contributed by atoms with van der Waals surface area (Å²) in [7, 11) is 0. The van der Waals surface area contributed by atoms with Crippen LogP contribution in [0.4, 0.5) is 11.8 Å². The largest absolute Gasteiger partial charge is 0.353 e. The van der Waals surface area contributed by atoms with Crippen molar-refractivity contribution in [2.45, 2.75) is 52.0 Å². The van der Waals surface area contributed by atoms with Crippen molar-refractivity contribution in [3.8, 4) is 0 Å². The molecule has 114 valence electrons. The molecule has 0 spiro atoms. The Hall–Kier alpha value is -1.40. The molecule has 0 saturated heterocycles. The van der Waals surface area contributed by atoms with Crippen molar-refractivity contribution in [2.75, 3.05) is 16.9 Å². The van der Waals surface area contributed by atoms with E-state index in [2.05, 4.69) is 40.2 Å². The third-order valence-corrected chi connectivity index (χ3v) is 5.45. The van der Waals surface area contributed by atoms with Crippen LogP contribution in [-0.4, -0.2) is 22.6 Å². The molecule has 0 radical (unpaired) electrons. The van der Waals surface area contributed by atoms with Crippen LogP contribution in [0.15, 0.2) is 6.07 Å². The van der Waals surface area contributed by atoms with Gasteiger partial charge in [-0.3, -0.25) is 5.43 Å². The number of aromatic nitrogens is 2. The molecule has 21 heavy (non-hydrogen) atoms. The lowest BCUT2D eigenvalue weighted by atomic mass is 10.2. The molecule has 3 rings (SSSR count). The van der Waals surface area contributed by atoms with Crippen LogP contribution >= 0.6 is 11.3 Å². The standard InChI is InChI=1S/C15H23N5S/c1-3-11-9-12-13(17-15(19-16)18-14(12)21-11)20(4-2)10-7-5-6-8-10/h9-10H,3-8,16H2,1-2H3,(H,17,18,19). The average molecular weight is 305 g/mol. The fraction of sp³-hybridized carbons (Fsp3) is 0.600. The summed E-state index contributed by atoms with van der Waals surface area (Å²) >= 11 is 1.74. The Balaban J connectivity index is 2.11. The lowest BCUT2D eigenvalue weighted by Crippen LogP contribution is -2.34. The number of rotatable bonds is 5. The summed E-state index contributed by atoms with van der Waals surface area (Å²) in [4.78, 5) is 14.0. The smallest absolute Gasteiger partial charge is 0.240 e. The van der Waals surface area contributed by atoms with Gasteiger partial charge in [0.1, 0.15) is 10.6 Å². The van der Waals surface area contributed by atoms with Gasteiger partial charge in [-0.25, -0.2) is 10.8 Å². The Kier molecular flexibility index (Phi) is 4.26. The predicted octanol–water partition coefficient (Wildman–Crippen LogP) is 3.31. The molecule has 2 aromatic heterocycles. The second-order valence-electron chi connectivity index (χ2n) is 5.52. The van der Waals surface area contributed by atoms with E-state index in [1.165, 1.54) is 35.9 Å². The summed E-state index contributed by atoms with van der Waals surface area (Å²) in [6.07, 6.45) is 6.19. The Morgan fingerprint density at radius 3 is 2.71 bits per heavy atom. The molecule has 6 heteroatoms. The Bertz CT molecular complexity index is 618. The second-order valence-corrected chi connectivity index (χ2v) is 6.64. The van der Waals surface area contributed by atoms with Crippen LogP contribution in [-0.2, 0) is 6.42 Å². The minimum atomic E-state index is 0.512. The highest BCUT2D eigenvalue weighted by atomic mass is 32.1. The number of hydrazine groups is 1. The number of nitrogens with zero attached hydrogens (tertiary/aromatic N) is 3. The summed E-state index contributed by atoms with van der Waals surface area (Å²) in [5.41, 5.74) is 2.61. The van der Waals surface area contributed by atoms with E-state index < -0.39 is 0 Å². The topological polar surface area (TPSA) is 67.1 Å². The monoisotopic (exact) mass is 305 g/mol. The molecule has 0 bridgehead atoms. The molecule has 3 N–H and O–H groups in total. The third kappa shape index (κ3) is 2.70. The van der Waals surface area contributed by atoms with Gasteiger partial charge >= 0.3 is 0 Å². The van der Waals surface area contributed by atoms with Crippen LogP contribution in [0.25, 0.3) is 10.2 Å². The number of hydrogen-bond acceptors (Lipinski definition) is 6. The minimum Gasteiger partial charge on any atom is -0.353 e. The van der Waals surface area contributed by atoms with Crippen molar-refractivity contribution in [1.82, 2.24) is 9.97 Å². The average Bonchev–Trinajstić information content (AvgIpc) is 3.16.